The zero-order valence-electron chi connectivity index (χ0n) is 10.7. The van der Waals surface area contributed by atoms with Crippen LogP contribution >= 0.6 is 11.8 Å². The molecule has 1 atom stereocenters. The first-order valence-corrected chi connectivity index (χ1v) is 7.06. The standard InChI is InChI=1S/C14H17NO2S/c1-10(16)11-5-3-6-12(9-11)15-13(17)14(2)7-4-8-18-14/h3,5-6,9H,4,7-8H2,1-2H3,(H,15,17). The third kappa shape index (κ3) is 2.75. The fourth-order valence-electron chi connectivity index (χ4n) is 2.04. The van der Waals surface area contributed by atoms with Gasteiger partial charge < -0.3 is 5.32 Å². The van der Waals surface area contributed by atoms with E-state index in [1.807, 2.05) is 13.0 Å². The van der Waals surface area contributed by atoms with Crippen molar-refractivity contribution in [1.82, 2.24) is 0 Å². The number of carbonyl (C=O) groups excluding carboxylic acids is 2. The van der Waals surface area contributed by atoms with Crippen LogP contribution in [0.5, 0.6) is 0 Å². The average Bonchev–Trinajstić information content (AvgIpc) is 2.78. The van der Waals surface area contributed by atoms with Gasteiger partial charge >= 0.3 is 0 Å². The van der Waals surface area contributed by atoms with Gasteiger partial charge in [0, 0.05) is 11.3 Å². The Morgan fingerprint density at radius 3 is 2.78 bits per heavy atom. The van der Waals surface area contributed by atoms with Crippen LogP contribution in [0.15, 0.2) is 24.3 Å². The molecule has 96 valence electrons. The Labute approximate surface area is 111 Å². The molecule has 3 nitrogen and oxygen atoms in total. The van der Waals surface area contributed by atoms with E-state index in [0.717, 1.165) is 18.6 Å². The van der Waals surface area contributed by atoms with Crippen LogP contribution in [-0.4, -0.2) is 22.2 Å². The normalized spacial score (nSPS) is 22.8. The van der Waals surface area contributed by atoms with Crippen LogP contribution in [0.3, 0.4) is 0 Å². The van der Waals surface area contributed by atoms with Gasteiger partial charge in [-0.2, -0.15) is 0 Å². The van der Waals surface area contributed by atoms with E-state index in [2.05, 4.69) is 5.32 Å². The van der Waals surface area contributed by atoms with E-state index in [4.69, 9.17) is 0 Å². The van der Waals surface area contributed by atoms with E-state index in [1.54, 1.807) is 30.0 Å². The van der Waals surface area contributed by atoms with Crippen LogP contribution in [0.25, 0.3) is 0 Å². The molecule has 1 N–H and O–H groups in total. The third-order valence-electron chi connectivity index (χ3n) is 3.23. The second-order valence-corrected chi connectivity index (χ2v) is 6.37. The molecular formula is C14H17NO2S. The Balaban J connectivity index is 2.11. The zero-order chi connectivity index (χ0) is 13.2. The number of Topliss-reactive ketones (excluding diaryl/α,β-unsaturated/α-hetero) is 1. The predicted octanol–water partition coefficient (Wildman–Crippen LogP) is 3.11. The summed E-state index contributed by atoms with van der Waals surface area (Å²) in [5.74, 6) is 1.08. The SMILES string of the molecule is CC(=O)c1cccc(NC(=O)C2(C)CCCS2)c1. The van der Waals surface area contributed by atoms with Crippen LogP contribution in [-0.2, 0) is 4.79 Å². The number of nitrogens with one attached hydrogen (secondary N) is 1. The lowest BCUT2D eigenvalue weighted by molar-refractivity contribution is -0.118. The van der Waals surface area contributed by atoms with Crippen molar-refractivity contribution in [2.75, 3.05) is 11.1 Å². The molecule has 1 saturated heterocycles. The maximum Gasteiger partial charge on any atom is 0.240 e. The van der Waals surface area contributed by atoms with Crippen LogP contribution < -0.4 is 5.32 Å². The van der Waals surface area contributed by atoms with Crippen molar-refractivity contribution in [3.05, 3.63) is 29.8 Å². The van der Waals surface area contributed by atoms with Gasteiger partial charge in [0.15, 0.2) is 5.78 Å². The highest BCUT2D eigenvalue weighted by Crippen LogP contribution is 2.38. The molecule has 1 aliphatic rings. The van der Waals surface area contributed by atoms with E-state index >= 15 is 0 Å². The second-order valence-electron chi connectivity index (χ2n) is 4.77. The summed E-state index contributed by atoms with van der Waals surface area (Å²) in [5, 5.41) is 2.91. The first kappa shape index (κ1) is 13.1. The van der Waals surface area contributed by atoms with Gasteiger partial charge in [-0.1, -0.05) is 12.1 Å². The van der Waals surface area contributed by atoms with Gasteiger partial charge in [-0.15, -0.1) is 11.8 Å². The highest BCUT2D eigenvalue weighted by atomic mass is 32.2. The topological polar surface area (TPSA) is 46.2 Å². The van der Waals surface area contributed by atoms with E-state index in [-0.39, 0.29) is 16.4 Å². The van der Waals surface area contributed by atoms with Gasteiger partial charge in [0.1, 0.15) is 0 Å². The van der Waals surface area contributed by atoms with Crippen molar-refractivity contribution in [3.63, 3.8) is 0 Å². The van der Waals surface area contributed by atoms with E-state index in [9.17, 15) is 9.59 Å². The second kappa shape index (κ2) is 5.14. The molecule has 0 bridgehead atoms. The first-order valence-electron chi connectivity index (χ1n) is 6.08. The fraction of sp³-hybridized carbons (Fsp3) is 0.429. The summed E-state index contributed by atoms with van der Waals surface area (Å²) in [5.41, 5.74) is 1.32. The maximum atomic E-state index is 12.2. The molecule has 1 amide bonds. The van der Waals surface area contributed by atoms with Crippen molar-refractivity contribution in [3.8, 4) is 0 Å². The summed E-state index contributed by atoms with van der Waals surface area (Å²) < 4.78 is -0.327. The molecule has 1 fully saturated rings. The molecule has 1 heterocycles. The van der Waals surface area contributed by atoms with Gasteiger partial charge in [0.2, 0.25) is 5.91 Å². The molecule has 1 aromatic carbocycles. The highest BCUT2D eigenvalue weighted by molar-refractivity contribution is 8.01. The van der Waals surface area contributed by atoms with Crippen molar-refractivity contribution in [2.45, 2.75) is 31.4 Å². The number of carbonyl (C=O) groups is 2. The van der Waals surface area contributed by atoms with Gasteiger partial charge in [-0.05, 0) is 44.6 Å². The Hall–Kier alpha value is -1.29. The molecule has 0 aromatic heterocycles. The van der Waals surface area contributed by atoms with Crippen molar-refractivity contribution < 1.29 is 9.59 Å². The summed E-state index contributed by atoms with van der Waals surface area (Å²) in [6.07, 6.45) is 2.00. The van der Waals surface area contributed by atoms with Crippen LogP contribution in [0.1, 0.15) is 37.0 Å². The molecule has 4 heteroatoms. The minimum Gasteiger partial charge on any atom is -0.325 e. The molecule has 2 rings (SSSR count). The minimum atomic E-state index is -0.327. The Bertz CT molecular complexity index is 478. The van der Waals surface area contributed by atoms with Crippen molar-refractivity contribution >= 4 is 29.1 Å². The molecule has 0 saturated carbocycles. The molecular weight excluding hydrogens is 246 g/mol. The molecule has 0 aliphatic carbocycles. The Morgan fingerprint density at radius 1 is 1.39 bits per heavy atom. The monoisotopic (exact) mass is 263 g/mol. The average molecular weight is 263 g/mol. The lowest BCUT2D eigenvalue weighted by atomic mass is 10.0. The molecule has 0 radical (unpaired) electrons. The minimum absolute atomic E-state index is 0.00699. The molecule has 1 unspecified atom stereocenters. The zero-order valence-corrected chi connectivity index (χ0v) is 11.5. The third-order valence-corrected chi connectivity index (χ3v) is 4.75. The van der Waals surface area contributed by atoms with E-state index in [0.29, 0.717) is 11.3 Å². The van der Waals surface area contributed by atoms with Crippen LogP contribution in [0.2, 0.25) is 0 Å². The number of thioether (sulfide) groups is 1. The number of anilines is 1. The number of hydrogen-bond acceptors (Lipinski definition) is 3. The van der Waals surface area contributed by atoms with E-state index in [1.165, 1.54) is 6.92 Å². The Kier molecular flexibility index (Phi) is 3.76. The molecule has 18 heavy (non-hydrogen) atoms. The number of ketones is 1. The summed E-state index contributed by atoms with van der Waals surface area (Å²) in [4.78, 5) is 23.5. The molecule has 1 aromatic rings. The maximum absolute atomic E-state index is 12.2. The van der Waals surface area contributed by atoms with Crippen LogP contribution in [0, 0.1) is 0 Å². The molecule has 1 aliphatic heterocycles. The summed E-state index contributed by atoms with van der Waals surface area (Å²) >= 11 is 1.70. The highest BCUT2D eigenvalue weighted by Gasteiger charge is 2.37. The first-order chi connectivity index (χ1) is 8.51. The molecule has 0 spiro atoms. The predicted molar refractivity (Wildman–Crippen MR) is 75.2 cm³/mol. The van der Waals surface area contributed by atoms with Gasteiger partial charge in [0.05, 0.1) is 4.75 Å². The van der Waals surface area contributed by atoms with Gasteiger partial charge in [-0.3, -0.25) is 9.59 Å². The number of hydrogen-bond donors (Lipinski definition) is 1. The largest absolute Gasteiger partial charge is 0.325 e. The Morgan fingerprint density at radius 2 is 2.17 bits per heavy atom. The number of rotatable bonds is 3. The summed E-state index contributed by atoms with van der Waals surface area (Å²) in [6.45, 7) is 3.50. The smallest absolute Gasteiger partial charge is 0.240 e. The quantitative estimate of drug-likeness (QED) is 0.852. The van der Waals surface area contributed by atoms with E-state index < -0.39 is 0 Å². The summed E-state index contributed by atoms with van der Waals surface area (Å²) in [6, 6.07) is 7.08. The lowest BCUT2D eigenvalue weighted by Crippen LogP contribution is -2.34. The van der Waals surface area contributed by atoms with Crippen molar-refractivity contribution in [1.29, 1.82) is 0 Å². The number of amides is 1. The number of benzene rings is 1. The van der Waals surface area contributed by atoms with Crippen LogP contribution in [0.4, 0.5) is 5.69 Å². The van der Waals surface area contributed by atoms with Gasteiger partial charge in [0.25, 0.3) is 0 Å². The lowest BCUT2D eigenvalue weighted by Gasteiger charge is -2.21. The van der Waals surface area contributed by atoms with Crippen molar-refractivity contribution in [2.24, 2.45) is 0 Å². The fourth-order valence-corrected chi connectivity index (χ4v) is 3.25. The summed E-state index contributed by atoms with van der Waals surface area (Å²) in [7, 11) is 0. The van der Waals surface area contributed by atoms with Gasteiger partial charge in [-0.25, -0.2) is 0 Å².